The first-order valence-corrected chi connectivity index (χ1v) is 6.92. The van der Waals surface area contributed by atoms with Crippen LogP contribution < -0.4 is 10.1 Å². The number of hydrogen-bond donors (Lipinski definition) is 2. The van der Waals surface area contributed by atoms with Crippen molar-refractivity contribution in [2.45, 2.75) is 45.0 Å². The molecular formula is C15H19NO5. The van der Waals surface area contributed by atoms with E-state index in [4.69, 9.17) is 14.6 Å². The van der Waals surface area contributed by atoms with Crippen LogP contribution in [-0.4, -0.2) is 35.3 Å². The van der Waals surface area contributed by atoms with Gasteiger partial charge in [-0.2, -0.15) is 0 Å². The van der Waals surface area contributed by atoms with E-state index >= 15 is 0 Å². The maximum absolute atomic E-state index is 12.1. The third-order valence-electron chi connectivity index (χ3n) is 3.10. The van der Waals surface area contributed by atoms with Crippen molar-refractivity contribution >= 4 is 17.6 Å². The molecule has 1 aliphatic rings. The van der Waals surface area contributed by atoms with Crippen LogP contribution in [0, 0.1) is 0 Å². The average molecular weight is 293 g/mol. The van der Waals surface area contributed by atoms with Crippen LogP contribution >= 0.6 is 0 Å². The minimum Gasteiger partial charge on any atom is -0.489 e. The van der Waals surface area contributed by atoms with E-state index < -0.39 is 18.2 Å². The summed E-state index contributed by atoms with van der Waals surface area (Å²) in [5.74, 6) is -0.805. The van der Waals surface area contributed by atoms with Gasteiger partial charge in [-0.05, 0) is 38.8 Å². The Morgan fingerprint density at radius 2 is 1.95 bits per heavy atom. The van der Waals surface area contributed by atoms with Gasteiger partial charge in [0.2, 0.25) is 0 Å². The molecule has 0 bridgehead atoms. The Labute approximate surface area is 123 Å². The summed E-state index contributed by atoms with van der Waals surface area (Å²) in [6.45, 7) is 3.80. The van der Waals surface area contributed by atoms with Crippen LogP contribution in [0.15, 0.2) is 24.3 Å². The van der Waals surface area contributed by atoms with E-state index in [0.29, 0.717) is 24.3 Å². The lowest BCUT2D eigenvalue weighted by atomic mass is 10.2. The van der Waals surface area contributed by atoms with E-state index in [1.807, 2.05) is 19.9 Å². The van der Waals surface area contributed by atoms with E-state index in [9.17, 15) is 9.59 Å². The van der Waals surface area contributed by atoms with Crippen molar-refractivity contribution in [1.82, 2.24) is 0 Å². The lowest BCUT2D eigenvalue weighted by Gasteiger charge is -2.16. The summed E-state index contributed by atoms with van der Waals surface area (Å²) in [6.07, 6.45) is -0.906. The molecule has 0 saturated carbocycles. The highest BCUT2D eigenvalue weighted by Crippen LogP contribution is 2.27. The van der Waals surface area contributed by atoms with Gasteiger partial charge < -0.3 is 19.9 Å². The number of carboxylic acid groups (broad SMARTS) is 1. The number of hydrogen-bond acceptors (Lipinski definition) is 4. The number of carbonyl (C=O) groups is 2. The van der Waals surface area contributed by atoms with Crippen molar-refractivity contribution in [1.29, 1.82) is 0 Å². The molecule has 0 radical (unpaired) electrons. The van der Waals surface area contributed by atoms with E-state index in [1.165, 1.54) is 0 Å². The average Bonchev–Trinajstić information content (AvgIpc) is 2.90. The van der Waals surface area contributed by atoms with Crippen molar-refractivity contribution in [2.75, 3.05) is 5.32 Å². The van der Waals surface area contributed by atoms with Crippen LogP contribution in [-0.2, 0) is 14.3 Å². The molecule has 6 heteroatoms. The highest BCUT2D eigenvalue weighted by atomic mass is 16.5. The second-order valence-electron chi connectivity index (χ2n) is 5.18. The van der Waals surface area contributed by atoms with Crippen LogP contribution in [0.5, 0.6) is 5.75 Å². The summed E-state index contributed by atoms with van der Waals surface area (Å²) >= 11 is 0. The zero-order chi connectivity index (χ0) is 15.4. The Morgan fingerprint density at radius 3 is 2.57 bits per heavy atom. The number of carboxylic acids is 1. The number of amides is 1. The minimum atomic E-state index is -1.03. The van der Waals surface area contributed by atoms with Crippen LogP contribution in [0.3, 0.4) is 0 Å². The molecule has 2 N–H and O–H groups in total. The van der Waals surface area contributed by atoms with Crippen LogP contribution in [0.2, 0.25) is 0 Å². The summed E-state index contributed by atoms with van der Waals surface area (Å²) < 4.78 is 10.8. The van der Waals surface area contributed by atoms with Crippen molar-refractivity contribution in [2.24, 2.45) is 0 Å². The summed E-state index contributed by atoms with van der Waals surface area (Å²) in [5.41, 5.74) is 0.554. The molecule has 1 heterocycles. The molecule has 114 valence electrons. The van der Waals surface area contributed by atoms with Gasteiger partial charge in [0.15, 0.2) is 6.10 Å². The first-order valence-electron chi connectivity index (χ1n) is 6.92. The molecule has 6 nitrogen and oxygen atoms in total. The molecule has 2 unspecified atom stereocenters. The van der Waals surface area contributed by atoms with Crippen LogP contribution in [0.4, 0.5) is 5.69 Å². The monoisotopic (exact) mass is 293 g/mol. The van der Waals surface area contributed by atoms with E-state index in [2.05, 4.69) is 5.32 Å². The quantitative estimate of drug-likeness (QED) is 0.868. The predicted octanol–water partition coefficient (Wildman–Crippen LogP) is 2.04. The van der Waals surface area contributed by atoms with Gasteiger partial charge in [-0.25, -0.2) is 4.79 Å². The van der Waals surface area contributed by atoms with Gasteiger partial charge >= 0.3 is 5.97 Å². The number of benzene rings is 1. The number of ether oxygens (including phenoxy) is 2. The molecule has 21 heavy (non-hydrogen) atoms. The molecule has 1 saturated heterocycles. The van der Waals surface area contributed by atoms with Crippen molar-refractivity contribution < 1.29 is 24.2 Å². The molecule has 1 aromatic rings. The molecule has 1 aromatic carbocycles. The maximum Gasteiger partial charge on any atom is 0.332 e. The maximum atomic E-state index is 12.1. The minimum absolute atomic E-state index is 0.0119. The SMILES string of the molecule is CC(C)Oc1ccccc1NC(=O)C1CCC(C(=O)O)O1. The van der Waals surface area contributed by atoms with Gasteiger partial charge in [0.25, 0.3) is 5.91 Å². The van der Waals surface area contributed by atoms with Crippen molar-refractivity contribution in [3.63, 3.8) is 0 Å². The topological polar surface area (TPSA) is 84.9 Å². The Bertz CT molecular complexity index is 529. The van der Waals surface area contributed by atoms with E-state index in [-0.39, 0.29) is 12.0 Å². The van der Waals surface area contributed by atoms with Gasteiger partial charge in [0.1, 0.15) is 11.9 Å². The third-order valence-corrected chi connectivity index (χ3v) is 3.10. The zero-order valence-electron chi connectivity index (χ0n) is 12.0. The number of anilines is 1. The summed E-state index contributed by atoms with van der Waals surface area (Å²) in [7, 11) is 0. The standard InChI is InChI=1S/C15H19NO5/c1-9(2)20-11-6-4-3-5-10(11)16-14(17)12-7-8-13(21-12)15(18)19/h3-6,9,12-13H,7-8H2,1-2H3,(H,16,17)(H,18,19). The molecule has 2 atom stereocenters. The summed E-state index contributed by atoms with van der Waals surface area (Å²) in [4.78, 5) is 23.0. The second kappa shape index (κ2) is 6.58. The Hall–Kier alpha value is -2.08. The predicted molar refractivity (Wildman–Crippen MR) is 76.4 cm³/mol. The summed E-state index contributed by atoms with van der Waals surface area (Å²) in [5, 5.41) is 11.6. The fourth-order valence-electron chi connectivity index (χ4n) is 2.15. The fraction of sp³-hybridized carbons (Fsp3) is 0.467. The number of nitrogens with one attached hydrogen (secondary N) is 1. The molecule has 1 fully saturated rings. The lowest BCUT2D eigenvalue weighted by Crippen LogP contribution is -2.30. The molecule has 0 aromatic heterocycles. The highest BCUT2D eigenvalue weighted by molar-refractivity contribution is 5.96. The molecule has 1 amide bonds. The van der Waals surface area contributed by atoms with Crippen LogP contribution in [0.1, 0.15) is 26.7 Å². The fourth-order valence-corrected chi connectivity index (χ4v) is 2.15. The number of rotatable bonds is 5. The Morgan fingerprint density at radius 1 is 1.29 bits per heavy atom. The second-order valence-corrected chi connectivity index (χ2v) is 5.18. The smallest absolute Gasteiger partial charge is 0.332 e. The molecular weight excluding hydrogens is 274 g/mol. The first kappa shape index (κ1) is 15.3. The van der Waals surface area contributed by atoms with Gasteiger partial charge in [-0.15, -0.1) is 0 Å². The molecule has 0 aliphatic carbocycles. The number of carbonyl (C=O) groups excluding carboxylic acids is 1. The normalized spacial score (nSPS) is 21.3. The van der Waals surface area contributed by atoms with E-state index in [1.54, 1.807) is 18.2 Å². The van der Waals surface area contributed by atoms with Crippen molar-refractivity contribution in [3.8, 4) is 5.75 Å². The summed E-state index contributed by atoms with van der Waals surface area (Å²) in [6, 6.07) is 7.11. The van der Waals surface area contributed by atoms with Gasteiger partial charge in [0.05, 0.1) is 11.8 Å². The molecule has 1 aliphatic heterocycles. The third kappa shape index (κ3) is 3.95. The van der Waals surface area contributed by atoms with Gasteiger partial charge in [-0.1, -0.05) is 12.1 Å². The molecule has 0 spiro atoms. The zero-order valence-corrected chi connectivity index (χ0v) is 12.0. The lowest BCUT2D eigenvalue weighted by molar-refractivity contribution is -0.150. The van der Waals surface area contributed by atoms with Gasteiger partial charge in [-0.3, -0.25) is 4.79 Å². The Kier molecular flexibility index (Phi) is 4.80. The van der Waals surface area contributed by atoms with Crippen LogP contribution in [0.25, 0.3) is 0 Å². The highest BCUT2D eigenvalue weighted by Gasteiger charge is 2.34. The van der Waals surface area contributed by atoms with Crippen molar-refractivity contribution in [3.05, 3.63) is 24.3 Å². The number of para-hydroxylation sites is 2. The Balaban J connectivity index is 2.02. The van der Waals surface area contributed by atoms with Gasteiger partial charge in [0, 0.05) is 0 Å². The largest absolute Gasteiger partial charge is 0.489 e. The number of aliphatic carboxylic acids is 1. The first-order chi connectivity index (χ1) is 9.97. The molecule has 2 rings (SSSR count). The van der Waals surface area contributed by atoms with E-state index in [0.717, 1.165) is 0 Å².